The first-order chi connectivity index (χ1) is 25.8. The molecule has 3 aromatic rings. The Labute approximate surface area is 330 Å². The summed E-state index contributed by atoms with van der Waals surface area (Å²) in [5.41, 5.74) is 0.517. The molecule has 2 aliphatic rings. The van der Waals surface area contributed by atoms with Crippen LogP contribution < -0.4 is 21.4 Å². The Morgan fingerprint density at radius 3 is 2.23 bits per heavy atom. The fourth-order valence-electron chi connectivity index (χ4n) is 7.30. The van der Waals surface area contributed by atoms with Gasteiger partial charge < -0.3 is 28.8 Å². The number of carbonyl (C=O) groups is 4. The number of pyridine rings is 2. The smallest absolute Gasteiger partial charge is 0.412 e. The van der Waals surface area contributed by atoms with Crippen LogP contribution in [0.1, 0.15) is 112 Å². The van der Waals surface area contributed by atoms with E-state index in [9.17, 15) is 24.0 Å². The maximum Gasteiger partial charge on any atom is 0.412 e. The SMILES string of the molecule is CCC1(OC(=O)CCCNC(=O)OC(C)(C)C)C(=O)OCc2c1cc1n(c2=O)Cc2c-1nc1ccc(NC(=O)OC(C)(C)C)cc1c2[Si](C)(C)CCC(C)(C)C. The van der Waals surface area contributed by atoms with Crippen LogP contribution in [0.25, 0.3) is 22.3 Å². The number of fused-ring (bicyclic) bond motifs is 5. The predicted octanol–water partition coefficient (Wildman–Crippen LogP) is 7.63. The lowest BCUT2D eigenvalue weighted by Crippen LogP contribution is -2.47. The number of cyclic esters (lactones) is 1. The number of rotatable bonds is 10. The number of ether oxygens (including phenoxy) is 4. The lowest BCUT2D eigenvalue weighted by Gasteiger charge is -2.35. The predicted molar refractivity (Wildman–Crippen MR) is 218 cm³/mol. The van der Waals surface area contributed by atoms with E-state index in [-0.39, 0.29) is 55.5 Å². The summed E-state index contributed by atoms with van der Waals surface area (Å²) in [4.78, 5) is 71.4. The number of benzene rings is 1. The molecule has 304 valence electrons. The van der Waals surface area contributed by atoms with E-state index < -0.39 is 49.0 Å². The Bertz CT molecular complexity index is 2120. The highest BCUT2D eigenvalue weighted by molar-refractivity contribution is 6.91. The van der Waals surface area contributed by atoms with Crippen molar-refractivity contribution in [1.82, 2.24) is 14.9 Å². The Kier molecular flexibility index (Phi) is 11.6. The molecule has 5 rings (SSSR count). The van der Waals surface area contributed by atoms with Crippen molar-refractivity contribution in [1.29, 1.82) is 0 Å². The van der Waals surface area contributed by atoms with Gasteiger partial charge in [-0.05, 0) is 94.8 Å². The Balaban J connectivity index is 1.57. The quantitative estimate of drug-likeness (QED) is 0.0707. The van der Waals surface area contributed by atoms with E-state index >= 15 is 0 Å². The topological polar surface area (TPSA) is 164 Å². The van der Waals surface area contributed by atoms with Gasteiger partial charge >= 0.3 is 24.1 Å². The summed E-state index contributed by atoms with van der Waals surface area (Å²) >= 11 is 0. The van der Waals surface area contributed by atoms with Gasteiger partial charge in [-0.1, -0.05) is 53.3 Å². The van der Waals surface area contributed by atoms with Crippen LogP contribution in [-0.4, -0.2) is 59.5 Å². The van der Waals surface area contributed by atoms with Crippen molar-refractivity contribution >= 4 is 54.0 Å². The van der Waals surface area contributed by atoms with Gasteiger partial charge in [-0.25, -0.2) is 19.4 Å². The number of nitrogens with zero attached hydrogens (tertiary/aromatic N) is 2. The van der Waals surface area contributed by atoms with E-state index in [1.807, 2.05) is 32.9 Å². The molecular weight excluding hydrogens is 733 g/mol. The molecule has 2 aromatic heterocycles. The number of aromatic nitrogens is 2. The van der Waals surface area contributed by atoms with Crippen molar-refractivity contribution in [3.63, 3.8) is 0 Å². The Morgan fingerprint density at radius 1 is 0.946 bits per heavy atom. The highest BCUT2D eigenvalue weighted by Crippen LogP contribution is 2.42. The fraction of sp³-hybridized carbons (Fsp3) is 0.571. The van der Waals surface area contributed by atoms with Crippen LogP contribution in [0, 0.1) is 5.41 Å². The van der Waals surface area contributed by atoms with Crippen LogP contribution in [0.3, 0.4) is 0 Å². The van der Waals surface area contributed by atoms with E-state index in [0.717, 1.165) is 28.6 Å². The summed E-state index contributed by atoms with van der Waals surface area (Å²) in [5.74, 6) is -1.42. The van der Waals surface area contributed by atoms with Gasteiger partial charge in [0.2, 0.25) is 5.60 Å². The molecule has 0 spiro atoms. The first-order valence-electron chi connectivity index (χ1n) is 19.4. The van der Waals surface area contributed by atoms with Crippen LogP contribution in [0.15, 0.2) is 29.1 Å². The second-order valence-electron chi connectivity index (χ2n) is 18.7. The van der Waals surface area contributed by atoms with Gasteiger partial charge in [-0.2, -0.15) is 0 Å². The van der Waals surface area contributed by atoms with E-state index in [1.54, 1.807) is 44.4 Å². The zero-order valence-electron chi connectivity index (χ0n) is 35.0. The van der Waals surface area contributed by atoms with Gasteiger partial charge in [-0.15, -0.1) is 0 Å². The molecule has 2 aliphatic heterocycles. The lowest BCUT2D eigenvalue weighted by atomic mass is 9.85. The van der Waals surface area contributed by atoms with Gasteiger partial charge in [0.25, 0.3) is 5.56 Å². The van der Waals surface area contributed by atoms with Crippen molar-refractivity contribution < 1.29 is 38.1 Å². The summed E-state index contributed by atoms with van der Waals surface area (Å²) < 4.78 is 24.0. The third-order valence-corrected chi connectivity index (χ3v) is 13.4. The second-order valence-corrected chi connectivity index (χ2v) is 23.5. The summed E-state index contributed by atoms with van der Waals surface area (Å²) in [6.07, 6.45) is 0.0103. The van der Waals surface area contributed by atoms with Crippen LogP contribution in [0.5, 0.6) is 0 Å². The van der Waals surface area contributed by atoms with Crippen LogP contribution in [-0.2, 0) is 47.3 Å². The monoisotopic (exact) mass is 790 g/mol. The van der Waals surface area contributed by atoms with Crippen molar-refractivity contribution in [3.05, 3.63) is 51.3 Å². The molecule has 0 aliphatic carbocycles. The average Bonchev–Trinajstić information content (AvgIpc) is 3.42. The van der Waals surface area contributed by atoms with Crippen LogP contribution >= 0.6 is 0 Å². The first-order valence-corrected chi connectivity index (χ1v) is 22.7. The third kappa shape index (κ3) is 9.27. The standard InChI is InChI=1S/C42H58N4O9Si/c1-13-42(53-32(47)15-14-19-43-37(50)54-40(5,6)7)29-22-31-33-27(23-46(31)35(48)28(29)24-52-36(42)49)34(56(11,12)20-18-39(2,3)4)26-21-25(16-17-30(26)45-33)44-38(51)55-41(8,9)10/h16-17,21-22H,13-15,18-20,23-24H2,1-12H3,(H,43,50)(H,44,51). The number of amides is 2. The van der Waals surface area contributed by atoms with E-state index in [1.165, 1.54) is 0 Å². The number of hydrogen-bond donors (Lipinski definition) is 2. The van der Waals surface area contributed by atoms with Crippen molar-refractivity contribution in [3.8, 4) is 11.4 Å². The maximum atomic E-state index is 14.4. The Morgan fingerprint density at radius 2 is 1.61 bits per heavy atom. The molecule has 1 unspecified atom stereocenters. The van der Waals surface area contributed by atoms with Crippen LogP contribution in [0.4, 0.5) is 15.3 Å². The largest absolute Gasteiger partial charge is 0.457 e. The highest BCUT2D eigenvalue weighted by Gasteiger charge is 2.50. The van der Waals surface area contributed by atoms with E-state index in [4.69, 9.17) is 23.9 Å². The summed E-state index contributed by atoms with van der Waals surface area (Å²) in [7, 11) is -2.28. The summed E-state index contributed by atoms with van der Waals surface area (Å²) in [6, 6.07) is 8.34. The minimum Gasteiger partial charge on any atom is -0.457 e. The number of nitrogens with one attached hydrogen (secondary N) is 2. The molecular formula is C42H58N4O9Si. The molecule has 56 heavy (non-hydrogen) atoms. The molecule has 13 nitrogen and oxygen atoms in total. The van der Waals surface area contributed by atoms with E-state index in [0.29, 0.717) is 28.2 Å². The number of carbonyl (C=O) groups excluding carboxylic acids is 4. The third-order valence-electron chi connectivity index (χ3n) is 9.99. The highest BCUT2D eigenvalue weighted by atomic mass is 28.3. The van der Waals surface area contributed by atoms with Crippen molar-refractivity contribution in [2.24, 2.45) is 5.41 Å². The zero-order chi connectivity index (χ0) is 41.6. The number of anilines is 1. The van der Waals surface area contributed by atoms with Gasteiger partial charge in [-0.3, -0.25) is 14.9 Å². The Hall–Kier alpha value is -4.72. The lowest BCUT2D eigenvalue weighted by molar-refractivity contribution is -0.189. The molecule has 0 radical (unpaired) electrons. The van der Waals surface area contributed by atoms with Gasteiger partial charge in [0.1, 0.15) is 17.8 Å². The molecule has 2 N–H and O–H groups in total. The number of esters is 2. The molecule has 0 saturated carbocycles. The number of hydrogen-bond acceptors (Lipinski definition) is 10. The fourth-order valence-corrected chi connectivity index (χ4v) is 10.9. The summed E-state index contributed by atoms with van der Waals surface area (Å²) in [6.45, 7) is 23.9. The van der Waals surface area contributed by atoms with Gasteiger partial charge in [0, 0.05) is 29.6 Å². The van der Waals surface area contributed by atoms with Gasteiger partial charge in [0.15, 0.2) is 0 Å². The average molecular weight is 791 g/mol. The normalized spacial score (nSPS) is 16.7. The van der Waals surface area contributed by atoms with Gasteiger partial charge in [0.05, 0.1) is 37.1 Å². The molecule has 0 saturated heterocycles. The molecule has 0 bridgehead atoms. The molecule has 2 amide bonds. The van der Waals surface area contributed by atoms with E-state index in [2.05, 4.69) is 44.5 Å². The molecule has 4 heterocycles. The number of alkyl carbamates (subject to hydrolysis) is 1. The molecule has 14 heteroatoms. The van der Waals surface area contributed by atoms with Crippen LogP contribution in [0.2, 0.25) is 19.1 Å². The van der Waals surface area contributed by atoms with Crippen molar-refractivity contribution in [2.75, 3.05) is 11.9 Å². The zero-order valence-corrected chi connectivity index (χ0v) is 36.0. The first kappa shape index (κ1) is 42.4. The minimum atomic E-state index is -2.28. The summed E-state index contributed by atoms with van der Waals surface area (Å²) in [5, 5.41) is 7.56. The molecule has 0 fully saturated rings. The molecule has 1 atom stereocenters. The minimum absolute atomic E-state index is 0.0348. The van der Waals surface area contributed by atoms with Crippen molar-refractivity contribution in [2.45, 2.75) is 144 Å². The molecule has 1 aromatic carbocycles. The second kappa shape index (κ2) is 15.3. The maximum absolute atomic E-state index is 14.4.